The molecule has 2 aromatic carbocycles. The number of nitriles is 1. The van der Waals surface area contributed by atoms with Gasteiger partial charge in [0.2, 0.25) is 0 Å². The van der Waals surface area contributed by atoms with Gasteiger partial charge in [0.05, 0.1) is 13.7 Å². The van der Waals surface area contributed by atoms with Crippen LogP contribution in [-0.4, -0.2) is 19.6 Å². The molecule has 0 saturated heterocycles. The number of ether oxygens (including phenoxy) is 2. The SMILES string of the molecule is CCCCCCCCOc1ccc(/C=C(/C#N)C(=O)Nc2ccc(C)cc2)cc1OC. The highest BCUT2D eigenvalue weighted by atomic mass is 16.5. The highest BCUT2D eigenvalue weighted by Gasteiger charge is 2.11. The van der Waals surface area contributed by atoms with E-state index in [1.165, 1.54) is 25.7 Å². The Kier molecular flexibility index (Phi) is 10.2. The number of methoxy groups -OCH3 is 1. The summed E-state index contributed by atoms with van der Waals surface area (Å²) in [5.41, 5.74) is 2.45. The van der Waals surface area contributed by atoms with Gasteiger partial charge in [-0.1, -0.05) is 62.8 Å². The predicted octanol–water partition coefficient (Wildman–Crippen LogP) is 6.29. The van der Waals surface area contributed by atoms with Gasteiger partial charge in [0.1, 0.15) is 11.6 Å². The van der Waals surface area contributed by atoms with Crippen LogP contribution < -0.4 is 14.8 Å². The molecule has 1 N–H and O–H groups in total. The van der Waals surface area contributed by atoms with Crippen molar-refractivity contribution in [1.82, 2.24) is 0 Å². The van der Waals surface area contributed by atoms with Crippen molar-refractivity contribution in [3.8, 4) is 17.6 Å². The Morgan fingerprint density at radius 3 is 2.42 bits per heavy atom. The van der Waals surface area contributed by atoms with E-state index in [-0.39, 0.29) is 5.57 Å². The monoisotopic (exact) mass is 420 g/mol. The Hall–Kier alpha value is -3.26. The molecule has 0 fully saturated rings. The summed E-state index contributed by atoms with van der Waals surface area (Å²) in [6.45, 7) is 4.82. The Morgan fingerprint density at radius 1 is 1.03 bits per heavy atom. The van der Waals surface area contributed by atoms with Crippen LogP contribution in [-0.2, 0) is 4.79 Å². The van der Waals surface area contributed by atoms with Gasteiger partial charge in [-0.3, -0.25) is 4.79 Å². The normalized spacial score (nSPS) is 11.0. The Morgan fingerprint density at radius 2 is 1.74 bits per heavy atom. The summed E-state index contributed by atoms with van der Waals surface area (Å²) >= 11 is 0. The van der Waals surface area contributed by atoms with Gasteiger partial charge < -0.3 is 14.8 Å². The molecule has 5 heteroatoms. The molecule has 0 unspecified atom stereocenters. The quantitative estimate of drug-likeness (QED) is 0.249. The molecule has 0 aliphatic heterocycles. The van der Waals surface area contributed by atoms with E-state index in [0.29, 0.717) is 29.4 Å². The second kappa shape index (κ2) is 13.1. The first-order valence-corrected chi connectivity index (χ1v) is 10.9. The van der Waals surface area contributed by atoms with Crippen LogP contribution in [0.5, 0.6) is 11.5 Å². The molecule has 0 bridgehead atoms. The van der Waals surface area contributed by atoms with Crippen LogP contribution in [0.4, 0.5) is 5.69 Å². The van der Waals surface area contributed by atoms with Crippen LogP contribution in [0.1, 0.15) is 56.6 Å². The van der Waals surface area contributed by atoms with Crippen LogP contribution in [0.25, 0.3) is 6.08 Å². The molecule has 2 rings (SSSR count). The largest absolute Gasteiger partial charge is 0.493 e. The van der Waals surface area contributed by atoms with Gasteiger partial charge in [0.15, 0.2) is 11.5 Å². The molecule has 0 atom stereocenters. The second-order valence-corrected chi connectivity index (χ2v) is 7.52. The van der Waals surface area contributed by atoms with Crippen molar-refractivity contribution in [3.63, 3.8) is 0 Å². The minimum absolute atomic E-state index is 0.0170. The zero-order valence-corrected chi connectivity index (χ0v) is 18.7. The molecule has 0 spiro atoms. The third-order valence-corrected chi connectivity index (χ3v) is 4.93. The first kappa shape index (κ1) is 24.0. The number of amides is 1. The minimum Gasteiger partial charge on any atom is -0.493 e. The molecule has 0 saturated carbocycles. The molecule has 0 aliphatic rings. The lowest BCUT2D eigenvalue weighted by atomic mass is 10.1. The number of rotatable bonds is 12. The van der Waals surface area contributed by atoms with Crippen molar-refractivity contribution in [3.05, 3.63) is 59.2 Å². The molecule has 5 nitrogen and oxygen atoms in total. The van der Waals surface area contributed by atoms with E-state index >= 15 is 0 Å². The number of carbonyl (C=O) groups excluding carboxylic acids is 1. The number of nitrogens with one attached hydrogen (secondary N) is 1. The Labute approximate surface area is 185 Å². The number of aryl methyl sites for hydroxylation is 1. The van der Waals surface area contributed by atoms with Crippen LogP contribution in [0.15, 0.2) is 48.0 Å². The molecule has 2 aromatic rings. The summed E-state index contributed by atoms with van der Waals surface area (Å²) in [5, 5.41) is 12.2. The van der Waals surface area contributed by atoms with Crippen molar-refractivity contribution in [2.45, 2.75) is 52.4 Å². The van der Waals surface area contributed by atoms with Gasteiger partial charge in [-0.25, -0.2) is 0 Å². The summed E-state index contributed by atoms with van der Waals surface area (Å²) in [4.78, 5) is 12.5. The van der Waals surface area contributed by atoms with Gasteiger partial charge in [-0.2, -0.15) is 5.26 Å². The summed E-state index contributed by atoms with van der Waals surface area (Å²) in [6.07, 6.45) is 8.76. The molecule has 0 aromatic heterocycles. The van der Waals surface area contributed by atoms with E-state index in [2.05, 4.69) is 12.2 Å². The van der Waals surface area contributed by atoms with Gasteiger partial charge >= 0.3 is 0 Å². The topological polar surface area (TPSA) is 71.3 Å². The van der Waals surface area contributed by atoms with Crippen molar-refractivity contribution < 1.29 is 14.3 Å². The maximum absolute atomic E-state index is 12.5. The number of carbonyl (C=O) groups is 1. The summed E-state index contributed by atoms with van der Waals surface area (Å²) in [7, 11) is 1.58. The summed E-state index contributed by atoms with van der Waals surface area (Å²) < 4.78 is 11.3. The lowest BCUT2D eigenvalue weighted by molar-refractivity contribution is -0.112. The fourth-order valence-electron chi connectivity index (χ4n) is 3.11. The molecule has 1 amide bonds. The van der Waals surface area contributed by atoms with E-state index in [4.69, 9.17) is 9.47 Å². The average molecular weight is 421 g/mol. The Balaban J connectivity index is 1.99. The van der Waals surface area contributed by atoms with Crippen molar-refractivity contribution in [2.75, 3.05) is 19.0 Å². The summed E-state index contributed by atoms with van der Waals surface area (Å²) in [6, 6.07) is 14.8. The number of unbranched alkanes of at least 4 members (excludes halogenated alkanes) is 5. The van der Waals surface area contributed by atoms with Gasteiger partial charge in [-0.05, 0) is 49.2 Å². The predicted molar refractivity (Wildman–Crippen MR) is 125 cm³/mol. The molecule has 164 valence electrons. The van der Waals surface area contributed by atoms with E-state index in [9.17, 15) is 10.1 Å². The van der Waals surface area contributed by atoms with E-state index in [0.717, 1.165) is 18.4 Å². The van der Waals surface area contributed by atoms with Gasteiger partial charge in [0, 0.05) is 5.69 Å². The number of anilines is 1. The number of benzene rings is 2. The molecule has 0 aliphatic carbocycles. The zero-order chi connectivity index (χ0) is 22.5. The highest BCUT2D eigenvalue weighted by molar-refractivity contribution is 6.09. The first-order chi connectivity index (χ1) is 15.1. The standard InChI is InChI=1S/C26H32N2O3/c1-4-5-6-7-8-9-16-31-24-15-12-21(18-25(24)30-3)17-22(19-27)26(29)28-23-13-10-20(2)11-14-23/h10-15,17-18H,4-9,16H2,1-3H3,(H,28,29)/b22-17-. The van der Waals surface area contributed by atoms with Crippen LogP contribution in [0, 0.1) is 18.3 Å². The first-order valence-electron chi connectivity index (χ1n) is 10.9. The molecule has 0 radical (unpaired) electrons. The third-order valence-electron chi connectivity index (χ3n) is 4.93. The van der Waals surface area contributed by atoms with Gasteiger partial charge in [0.25, 0.3) is 5.91 Å². The molecular formula is C26H32N2O3. The molecule has 0 heterocycles. The average Bonchev–Trinajstić information content (AvgIpc) is 2.78. The van der Waals surface area contributed by atoms with Crippen molar-refractivity contribution in [2.24, 2.45) is 0 Å². The Bertz CT molecular complexity index is 911. The maximum atomic E-state index is 12.5. The third kappa shape index (κ3) is 8.18. The lowest BCUT2D eigenvalue weighted by Crippen LogP contribution is -2.13. The second-order valence-electron chi connectivity index (χ2n) is 7.52. The van der Waals surface area contributed by atoms with Crippen LogP contribution >= 0.6 is 0 Å². The van der Waals surface area contributed by atoms with Crippen LogP contribution in [0.2, 0.25) is 0 Å². The van der Waals surface area contributed by atoms with Crippen molar-refractivity contribution in [1.29, 1.82) is 5.26 Å². The minimum atomic E-state index is -0.450. The maximum Gasteiger partial charge on any atom is 0.266 e. The highest BCUT2D eigenvalue weighted by Crippen LogP contribution is 2.29. The fraction of sp³-hybridized carbons (Fsp3) is 0.385. The summed E-state index contributed by atoms with van der Waals surface area (Å²) in [5.74, 6) is 0.792. The van der Waals surface area contributed by atoms with Crippen LogP contribution in [0.3, 0.4) is 0 Å². The molecule has 31 heavy (non-hydrogen) atoms. The van der Waals surface area contributed by atoms with E-state index < -0.39 is 5.91 Å². The molecular weight excluding hydrogens is 388 g/mol. The smallest absolute Gasteiger partial charge is 0.266 e. The number of hydrogen-bond donors (Lipinski definition) is 1. The van der Waals surface area contributed by atoms with E-state index in [1.807, 2.05) is 37.3 Å². The zero-order valence-electron chi connectivity index (χ0n) is 18.7. The number of hydrogen-bond acceptors (Lipinski definition) is 4. The number of nitrogens with zero attached hydrogens (tertiary/aromatic N) is 1. The lowest BCUT2D eigenvalue weighted by Gasteiger charge is -2.11. The van der Waals surface area contributed by atoms with Crippen molar-refractivity contribution >= 4 is 17.7 Å². The fourth-order valence-corrected chi connectivity index (χ4v) is 3.11. The van der Waals surface area contributed by atoms with Gasteiger partial charge in [-0.15, -0.1) is 0 Å². The van der Waals surface area contributed by atoms with E-state index in [1.54, 1.807) is 31.4 Å².